The third kappa shape index (κ3) is 3.65. The van der Waals surface area contributed by atoms with Crippen molar-refractivity contribution in [2.75, 3.05) is 24.5 Å². The standard InChI is InChI=1S/C19H20ClN3O3/c1-13-3-5-15(6-4-13)19(24)22-10-9-21(12-14(22)2)17-8-7-16(20)11-18(17)23(25)26/h3-8,11,14H,9-10,12H2,1-2H3/t14-/m1/s1. The molecular formula is C19H20ClN3O3. The van der Waals surface area contributed by atoms with Crippen LogP contribution >= 0.6 is 11.6 Å². The number of halogens is 1. The van der Waals surface area contributed by atoms with Crippen molar-refractivity contribution in [1.29, 1.82) is 0 Å². The number of amides is 1. The molecule has 7 heteroatoms. The SMILES string of the molecule is Cc1ccc(C(=O)N2CCN(c3ccc(Cl)cc3[N+](=O)[O-])C[C@H]2C)cc1. The summed E-state index contributed by atoms with van der Waals surface area (Å²) in [5.74, 6) is -0.0113. The molecule has 0 aliphatic carbocycles. The van der Waals surface area contributed by atoms with E-state index in [0.717, 1.165) is 5.56 Å². The Morgan fingerprint density at radius 1 is 1.19 bits per heavy atom. The van der Waals surface area contributed by atoms with Gasteiger partial charge in [-0.2, -0.15) is 0 Å². The van der Waals surface area contributed by atoms with Crippen LogP contribution in [0.1, 0.15) is 22.8 Å². The highest BCUT2D eigenvalue weighted by molar-refractivity contribution is 6.30. The number of nitro benzene ring substituents is 1. The normalized spacial score (nSPS) is 17.3. The van der Waals surface area contributed by atoms with E-state index in [1.54, 1.807) is 12.1 Å². The second-order valence-corrected chi connectivity index (χ2v) is 6.99. The molecule has 0 radical (unpaired) electrons. The summed E-state index contributed by atoms with van der Waals surface area (Å²) in [5, 5.41) is 11.7. The number of anilines is 1. The van der Waals surface area contributed by atoms with Crippen molar-refractivity contribution in [1.82, 2.24) is 4.90 Å². The predicted octanol–water partition coefficient (Wildman–Crippen LogP) is 3.91. The van der Waals surface area contributed by atoms with Gasteiger partial charge in [-0.25, -0.2) is 0 Å². The van der Waals surface area contributed by atoms with E-state index in [9.17, 15) is 14.9 Å². The van der Waals surface area contributed by atoms with Crippen LogP contribution in [0, 0.1) is 17.0 Å². The molecule has 0 unspecified atom stereocenters. The predicted molar refractivity (Wildman–Crippen MR) is 102 cm³/mol. The van der Waals surface area contributed by atoms with Gasteiger partial charge in [0.2, 0.25) is 0 Å². The van der Waals surface area contributed by atoms with Gasteiger partial charge in [-0.15, -0.1) is 0 Å². The fraction of sp³-hybridized carbons (Fsp3) is 0.316. The molecule has 1 saturated heterocycles. The zero-order valence-corrected chi connectivity index (χ0v) is 15.4. The van der Waals surface area contributed by atoms with Crippen LogP contribution in [0.2, 0.25) is 5.02 Å². The Balaban J connectivity index is 1.78. The van der Waals surface area contributed by atoms with Crippen LogP contribution < -0.4 is 4.90 Å². The van der Waals surface area contributed by atoms with Crippen LogP contribution in [0.4, 0.5) is 11.4 Å². The van der Waals surface area contributed by atoms with Crippen molar-refractivity contribution in [3.05, 3.63) is 68.7 Å². The number of hydrogen-bond donors (Lipinski definition) is 0. The van der Waals surface area contributed by atoms with Crippen LogP contribution in [-0.4, -0.2) is 41.4 Å². The lowest BCUT2D eigenvalue weighted by Crippen LogP contribution is -2.54. The average molecular weight is 374 g/mol. The number of nitro groups is 1. The van der Waals surface area contributed by atoms with Crippen LogP contribution in [0.3, 0.4) is 0 Å². The molecule has 1 heterocycles. The lowest BCUT2D eigenvalue weighted by atomic mass is 10.1. The van der Waals surface area contributed by atoms with Gasteiger partial charge in [0.05, 0.1) is 4.92 Å². The molecule has 1 fully saturated rings. The first kappa shape index (κ1) is 18.2. The number of aryl methyl sites for hydroxylation is 1. The molecule has 26 heavy (non-hydrogen) atoms. The van der Waals surface area contributed by atoms with E-state index < -0.39 is 4.92 Å². The highest BCUT2D eigenvalue weighted by Crippen LogP contribution is 2.32. The zero-order valence-electron chi connectivity index (χ0n) is 14.7. The van der Waals surface area contributed by atoms with E-state index in [-0.39, 0.29) is 17.6 Å². The van der Waals surface area contributed by atoms with Gasteiger partial charge in [0, 0.05) is 42.3 Å². The molecule has 0 aromatic heterocycles. The summed E-state index contributed by atoms with van der Waals surface area (Å²) in [6, 6.07) is 12.1. The van der Waals surface area contributed by atoms with E-state index >= 15 is 0 Å². The number of piperazine rings is 1. The van der Waals surface area contributed by atoms with Gasteiger partial charge >= 0.3 is 0 Å². The lowest BCUT2D eigenvalue weighted by Gasteiger charge is -2.40. The third-order valence-electron chi connectivity index (χ3n) is 4.66. The summed E-state index contributed by atoms with van der Waals surface area (Å²) in [6.45, 7) is 5.51. The van der Waals surface area contributed by atoms with Crippen LogP contribution in [-0.2, 0) is 0 Å². The smallest absolute Gasteiger partial charge is 0.294 e. The van der Waals surface area contributed by atoms with E-state index in [4.69, 9.17) is 11.6 Å². The largest absolute Gasteiger partial charge is 0.362 e. The van der Waals surface area contributed by atoms with Crippen LogP contribution in [0.15, 0.2) is 42.5 Å². The molecule has 0 spiro atoms. The number of hydrogen-bond acceptors (Lipinski definition) is 4. The monoisotopic (exact) mass is 373 g/mol. The van der Waals surface area contributed by atoms with E-state index in [0.29, 0.717) is 35.9 Å². The minimum atomic E-state index is -0.421. The van der Waals surface area contributed by atoms with Crippen molar-refractivity contribution in [2.45, 2.75) is 19.9 Å². The fourth-order valence-corrected chi connectivity index (χ4v) is 3.42. The van der Waals surface area contributed by atoms with E-state index in [1.165, 1.54) is 6.07 Å². The molecule has 1 aliphatic heterocycles. The number of carbonyl (C=O) groups is 1. The topological polar surface area (TPSA) is 66.7 Å². The fourth-order valence-electron chi connectivity index (χ4n) is 3.25. The Labute approximate surface area is 157 Å². The minimum Gasteiger partial charge on any atom is -0.362 e. The van der Waals surface area contributed by atoms with Crippen molar-refractivity contribution >= 4 is 28.9 Å². The Kier molecular flexibility index (Phi) is 5.13. The molecule has 136 valence electrons. The minimum absolute atomic E-state index is 0.0111. The van der Waals surface area contributed by atoms with Crippen molar-refractivity contribution < 1.29 is 9.72 Å². The van der Waals surface area contributed by atoms with Crippen molar-refractivity contribution in [2.24, 2.45) is 0 Å². The summed E-state index contributed by atoms with van der Waals surface area (Å²) in [5.41, 5.74) is 2.29. The summed E-state index contributed by atoms with van der Waals surface area (Å²) in [6.07, 6.45) is 0. The van der Waals surface area contributed by atoms with Gasteiger partial charge < -0.3 is 9.80 Å². The molecule has 0 bridgehead atoms. The van der Waals surface area contributed by atoms with Gasteiger partial charge in [0.15, 0.2) is 0 Å². The molecular weight excluding hydrogens is 354 g/mol. The molecule has 1 aliphatic rings. The molecule has 1 atom stereocenters. The van der Waals surface area contributed by atoms with Gasteiger partial charge in [-0.1, -0.05) is 29.3 Å². The molecule has 1 amide bonds. The van der Waals surface area contributed by atoms with Crippen LogP contribution in [0.5, 0.6) is 0 Å². The van der Waals surface area contributed by atoms with Crippen molar-refractivity contribution in [3.63, 3.8) is 0 Å². The Morgan fingerprint density at radius 3 is 2.50 bits per heavy atom. The third-order valence-corrected chi connectivity index (χ3v) is 4.90. The van der Waals surface area contributed by atoms with E-state index in [1.807, 2.05) is 47.9 Å². The summed E-state index contributed by atoms with van der Waals surface area (Å²) >= 11 is 5.90. The van der Waals surface area contributed by atoms with Crippen molar-refractivity contribution in [3.8, 4) is 0 Å². The summed E-state index contributed by atoms with van der Waals surface area (Å²) in [4.78, 5) is 27.4. The maximum atomic E-state index is 12.8. The highest BCUT2D eigenvalue weighted by atomic mass is 35.5. The number of rotatable bonds is 3. The molecule has 6 nitrogen and oxygen atoms in total. The summed E-state index contributed by atoms with van der Waals surface area (Å²) < 4.78 is 0. The van der Waals surface area contributed by atoms with Gasteiger partial charge in [0.1, 0.15) is 5.69 Å². The number of carbonyl (C=O) groups excluding carboxylic acids is 1. The first-order chi connectivity index (χ1) is 12.4. The Morgan fingerprint density at radius 2 is 1.88 bits per heavy atom. The second-order valence-electron chi connectivity index (χ2n) is 6.55. The molecule has 0 saturated carbocycles. The summed E-state index contributed by atoms with van der Waals surface area (Å²) in [7, 11) is 0. The first-order valence-electron chi connectivity index (χ1n) is 8.43. The molecule has 2 aromatic rings. The van der Waals surface area contributed by atoms with Gasteiger partial charge in [-0.3, -0.25) is 14.9 Å². The Bertz CT molecular complexity index is 838. The Hall–Kier alpha value is -2.60. The zero-order chi connectivity index (χ0) is 18.8. The molecule has 3 rings (SSSR count). The number of nitrogens with zero attached hydrogens (tertiary/aromatic N) is 3. The second kappa shape index (κ2) is 7.33. The quantitative estimate of drug-likeness (QED) is 0.604. The number of benzene rings is 2. The average Bonchev–Trinajstić information content (AvgIpc) is 2.61. The maximum absolute atomic E-state index is 12.8. The van der Waals surface area contributed by atoms with E-state index in [2.05, 4.69) is 0 Å². The molecule has 0 N–H and O–H groups in total. The highest BCUT2D eigenvalue weighted by Gasteiger charge is 2.31. The van der Waals surface area contributed by atoms with Gasteiger partial charge in [0.25, 0.3) is 11.6 Å². The lowest BCUT2D eigenvalue weighted by molar-refractivity contribution is -0.384. The molecule has 2 aromatic carbocycles. The first-order valence-corrected chi connectivity index (χ1v) is 8.81. The van der Waals surface area contributed by atoms with Crippen LogP contribution in [0.25, 0.3) is 0 Å². The maximum Gasteiger partial charge on any atom is 0.294 e. The van der Waals surface area contributed by atoms with Gasteiger partial charge in [-0.05, 0) is 38.1 Å².